The summed E-state index contributed by atoms with van der Waals surface area (Å²) >= 11 is 1.63. The molecule has 2 heterocycles. The molecule has 1 atom stereocenters. The topological polar surface area (TPSA) is 50.6 Å². The lowest BCUT2D eigenvalue weighted by Crippen LogP contribution is -2.52. The van der Waals surface area contributed by atoms with Crippen molar-refractivity contribution in [2.24, 2.45) is 0 Å². The molecule has 1 aliphatic carbocycles. The highest BCUT2D eigenvalue weighted by atomic mass is 32.1. The maximum Gasteiger partial charge on any atom is 0.236 e. The minimum absolute atomic E-state index is 0.176. The molecule has 0 unspecified atom stereocenters. The van der Waals surface area contributed by atoms with E-state index < -0.39 is 0 Å². The van der Waals surface area contributed by atoms with Crippen molar-refractivity contribution >= 4 is 17.2 Å². The molecule has 5 nitrogen and oxygen atoms in total. The van der Waals surface area contributed by atoms with Gasteiger partial charge >= 0.3 is 0 Å². The lowest BCUT2D eigenvalue weighted by molar-refractivity contribution is -0.135. The molecule has 0 N–H and O–H groups in total. The zero-order chi connectivity index (χ0) is 16.2. The fraction of sp³-hybridized carbons (Fsp3) is 0.647. The van der Waals surface area contributed by atoms with E-state index in [9.17, 15) is 10.1 Å². The summed E-state index contributed by atoms with van der Waals surface area (Å²) in [5.74, 6) is 0.226. The third-order valence-corrected chi connectivity index (χ3v) is 5.97. The monoisotopic (exact) mass is 332 g/mol. The number of hydrogen-bond donors (Lipinski definition) is 0. The third kappa shape index (κ3) is 3.74. The summed E-state index contributed by atoms with van der Waals surface area (Å²) in [6, 6.07) is 6.83. The fourth-order valence-corrected chi connectivity index (χ4v) is 4.07. The van der Waals surface area contributed by atoms with Crippen molar-refractivity contribution < 1.29 is 4.79 Å². The Hall–Kier alpha value is -1.42. The molecule has 1 aromatic heterocycles. The second-order valence-corrected chi connectivity index (χ2v) is 7.44. The smallest absolute Gasteiger partial charge is 0.236 e. The minimum Gasteiger partial charge on any atom is -0.339 e. The first-order valence-electron chi connectivity index (χ1n) is 8.34. The molecular weight excluding hydrogens is 308 g/mol. The molecule has 1 amide bonds. The van der Waals surface area contributed by atoms with Gasteiger partial charge in [-0.05, 0) is 31.3 Å². The number of nitrogens with zero attached hydrogens (tertiary/aromatic N) is 4. The molecule has 1 aromatic rings. The quantitative estimate of drug-likeness (QED) is 0.827. The van der Waals surface area contributed by atoms with Gasteiger partial charge in [-0.25, -0.2) is 0 Å². The molecule has 0 spiro atoms. The van der Waals surface area contributed by atoms with E-state index >= 15 is 0 Å². The highest BCUT2D eigenvalue weighted by Crippen LogP contribution is 2.26. The van der Waals surface area contributed by atoms with Gasteiger partial charge in [0, 0.05) is 37.1 Å². The predicted molar refractivity (Wildman–Crippen MR) is 91.1 cm³/mol. The van der Waals surface area contributed by atoms with E-state index in [-0.39, 0.29) is 11.9 Å². The number of amides is 1. The van der Waals surface area contributed by atoms with Crippen molar-refractivity contribution in [3.63, 3.8) is 0 Å². The van der Waals surface area contributed by atoms with Gasteiger partial charge < -0.3 is 4.90 Å². The van der Waals surface area contributed by atoms with Gasteiger partial charge in [-0.3, -0.25) is 14.6 Å². The minimum atomic E-state index is -0.176. The standard InChI is InChI=1S/C17H24N4OS/c1-19(14-4-2-5-14)13-17(22)21-9-7-20(8-10-21)15(12-18)16-6-3-11-23-16/h3,6,11,14-15H,2,4-5,7-10,13H2,1H3/t15-/m1/s1. The van der Waals surface area contributed by atoms with Crippen molar-refractivity contribution in [3.8, 4) is 6.07 Å². The van der Waals surface area contributed by atoms with E-state index in [1.807, 2.05) is 22.4 Å². The Balaban J connectivity index is 1.49. The van der Waals surface area contributed by atoms with E-state index in [2.05, 4.69) is 22.9 Å². The molecule has 1 aliphatic heterocycles. The van der Waals surface area contributed by atoms with Gasteiger partial charge in [-0.1, -0.05) is 12.5 Å². The van der Waals surface area contributed by atoms with Gasteiger partial charge in [-0.2, -0.15) is 5.26 Å². The summed E-state index contributed by atoms with van der Waals surface area (Å²) in [6.07, 6.45) is 3.74. The molecule has 1 saturated carbocycles. The Kier molecular flexibility index (Phi) is 5.31. The molecule has 3 rings (SSSR count). The molecule has 0 aromatic carbocycles. The highest BCUT2D eigenvalue weighted by Gasteiger charge is 2.29. The number of carbonyl (C=O) groups excluding carboxylic acids is 1. The zero-order valence-corrected chi connectivity index (χ0v) is 14.5. The number of thiophene rings is 1. The Bertz CT molecular complexity index is 556. The Morgan fingerprint density at radius 1 is 1.43 bits per heavy atom. The van der Waals surface area contributed by atoms with Gasteiger partial charge in [0.1, 0.15) is 6.04 Å². The first kappa shape index (κ1) is 16.4. The number of carbonyl (C=O) groups is 1. The molecule has 6 heteroatoms. The maximum absolute atomic E-state index is 12.4. The normalized spacial score (nSPS) is 21.0. The van der Waals surface area contributed by atoms with Crippen LogP contribution >= 0.6 is 11.3 Å². The fourth-order valence-electron chi connectivity index (χ4n) is 3.27. The largest absolute Gasteiger partial charge is 0.339 e. The molecule has 0 radical (unpaired) electrons. The summed E-state index contributed by atoms with van der Waals surface area (Å²) in [7, 11) is 2.06. The molecule has 0 bridgehead atoms. The Labute approximate surface area is 142 Å². The number of hydrogen-bond acceptors (Lipinski definition) is 5. The molecular formula is C17H24N4OS. The lowest BCUT2D eigenvalue weighted by atomic mass is 9.92. The summed E-state index contributed by atoms with van der Waals surface area (Å²) in [6.45, 7) is 3.52. The Morgan fingerprint density at radius 2 is 2.17 bits per heavy atom. The lowest BCUT2D eigenvalue weighted by Gasteiger charge is -2.39. The zero-order valence-electron chi connectivity index (χ0n) is 13.6. The van der Waals surface area contributed by atoms with Crippen molar-refractivity contribution in [1.82, 2.24) is 14.7 Å². The van der Waals surface area contributed by atoms with Crippen LogP contribution in [-0.2, 0) is 4.79 Å². The number of rotatable bonds is 5. The van der Waals surface area contributed by atoms with Gasteiger partial charge in [-0.15, -0.1) is 11.3 Å². The van der Waals surface area contributed by atoms with Crippen LogP contribution in [0.1, 0.15) is 30.2 Å². The van der Waals surface area contributed by atoms with Gasteiger partial charge in [0.05, 0.1) is 12.6 Å². The van der Waals surface area contributed by atoms with Crippen LogP contribution in [0.4, 0.5) is 0 Å². The van der Waals surface area contributed by atoms with Crippen LogP contribution in [0.2, 0.25) is 0 Å². The Morgan fingerprint density at radius 3 is 2.70 bits per heavy atom. The molecule has 2 fully saturated rings. The molecule has 1 saturated heterocycles. The maximum atomic E-state index is 12.4. The molecule has 2 aliphatic rings. The molecule has 124 valence electrons. The van der Waals surface area contributed by atoms with Crippen LogP contribution in [0.5, 0.6) is 0 Å². The van der Waals surface area contributed by atoms with E-state index in [1.165, 1.54) is 19.3 Å². The van der Waals surface area contributed by atoms with Crippen molar-refractivity contribution in [3.05, 3.63) is 22.4 Å². The first-order valence-corrected chi connectivity index (χ1v) is 9.22. The van der Waals surface area contributed by atoms with Crippen LogP contribution < -0.4 is 0 Å². The van der Waals surface area contributed by atoms with Crippen LogP contribution in [-0.4, -0.2) is 66.4 Å². The first-order chi connectivity index (χ1) is 11.2. The summed E-state index contributed by atoms with van der Waals surface area (Å²) in [4.78, 5) is 19.9. The van der Waals surface area contributed by atoms with Crippen molar-refractivity contribution in [2.75, 3.05) is 39.8 Å². The van der Waals surface area contributed by atoms with Crippen LogP contribution in [0.25, 0.3) is 0 Å². The van der Waals surface area contributed by atoms with Crippen LogP contribution in [0.3, 0.4) is 0 Å². The summed E-state index contributed by atoms with van der Waals surface area (Å²) in [5, 5.41) is 11.5. The van der Waals surface area contributed by atoms with Gasteiger partial charge in [0.2, 0.25) is 5.91 Å². The van der Waals surface area contributed by atoms with Crippen LogP contribution in [0.15, 0.2) is 17.5 Å². The SMILES string of the molecule is CN(CC(=O)N1CCN([C@H](C#N)c2cccs2)CC1)C1CCC1. The second-order valence-electron chi connectivity index (χ2n) is 6.46. The average molecular weight is 332 g/mol. The van der Waals surface area contributed by atoms with Crippen LogP contribution in [0, 0.1) is 11.3 Å². The average Bonchev–Trinajstić information content (AvgIpc) is 3.01. The van der Waals surface area contributed by atoms with E-state index in [1.54, 1.807) is 11.3 Å². The molecule has 23 heavy (non-hydrogen) atoms. The predicted octanol–water partition coefficient (Wildman–Crippen LogP) is 1.94. The van der Waals surface area contributed by atoms with Crippen molar-refractivity contribution in [1.29, 1.82) is 5.26 Å². The number of piperazine rings is 1. The summed E-state index contributed by atoms with van der Waals surface area (Å²) in [5.41, 5.74) is 0. The second kappa shape index (κ2) is 7.43. The number of likely N-dealkylation sites (N-methyl/N-ethyl adjacent to an activating group) is 1. The van der Waals surface area contributed by atoms with E-state index in [4.69, 9.17) is 0 Å². The summed E-state index contributed by atoms with van der Waals surface area (Å²) < 4.78 is 0. The van der Waals surface area contributed by atoms with E-state index in [0.29, 0.717) is 12.6 Å². The van der Waals surface area contributed by atoms with Crippen molar-refractivity contribution in [2.45, 2.75) is 31.3 Å². The number of nitriles is 1. The highest BCUT2D eigenvalue weighted by molar-refractivity contribution is 7.10. The van der Waals surface area contributed by atoms with Gasteiger partial charge in [0.15, 0.2) is 0 Å². The van der Waals surface area contributed by atoms with E-state index in [0.717, 1.165) is 31.1 Å². The third-order valence-electron chi connectivity index (χ3n) is 5.05. The van der Waals surface area contributed by atoms with Gasteiger partial charge in [0.25, 0.3) is 0 Å².